The first-order valence-corrected chi connectivity index (χ1v) is 6.82. The van der Waals surface area contributed by atoms with Gasteiger partial charge in [-0.3, -0.25) is 4.79 Å². The number of rotatable bonds is 8. The Hall–Kier alpha value is -1.33. The predicted octanol–water partition coefficient (Wildman–Crippen LogP) is 2.32. The van der Waals surface area contributed by atoms with Crippen LogP contribution in [0.1, 0.15) is 30.6 Å². The number of amides is 1. The quantitative estimate of drug-likeness (QED) is 0.720. The van der Waals surface area contributed by atoms with Gasteiger partial charge >= 0.3 is 0 Å². The Labute approximate surface area is 118 Å². The monoisotopic (exact) mass is 285 g/mol. The molecule has 0 aliphatic carbocycles. The Morgan fingerprint density at radius 2 is 2.26 bits per heavy atom. The molecule has 1 aromatic heterocycles. The second kappa shape index (κ2) is 8.72. The Morgan fingerprint density at radius 3 is 2.89 bits per heavy atom. The van der Waals surface area contributed by atoms with Crippen LogP contribution in [0.2, 0.25) is 5.02 Å². The third-order valence-electron chi connectivity index (χ3n) is 2.40. The van der Waals surface area contributed by atoms with Crippen molar-refractivity contribution < 1.29 is 9.53 Å². The average Bonchev–Trinajstić information content (AvgIpc) is 2.41. The van der Waals surface area contributed by atoms with E-state index in [1.807, 2.05) is 13.8 Å². The number of hydrogen-bond donors (Lipinski definition) is 2. The molecule has 0 radical (unpaired) electrons. The molecule has 0 bridgehead atoms. The summed E-state index contributed by atoms with van der Waals surface area (Å²) in [5.41, 5.74) is 0.461. The van der Waals surface area contributed by atoms with E-state index < -0.39 is 0 Å². The molecule has 19 heavy (non-hydrogen) atoms. The van der Waals surface area contributed by atoms with E-state index in [1.54, 1.807) is 6.07 Å². The topological polar surface area (TPSA) is 63.2 Å². The minimum absolute atomic E-state index is 0.172. The fourth-order valence-electron chi connectivity index (χ4n) is 1.48. The van der Waals surface area contributed by atoms with Crippen LogP contribution >= 0.6 is 11.6 Å². The highest BCUT2D eigenvalue weighted by Gasteiger charge is 2.09. The molecular weight excluding hydrogens is 266 g/mol. The van der Waals surface area contributed by atoms with E-state index in [4.69, 9.17) is 16.3 Å². The van der Waals surface area contributed by atoms with Crippen molar-refractivity contribution in [2.24, 2.45) is 0 Å². The van der Waals surface area contributed by atoms with Crippen molar-refractivity contribution in [1.29, 1.82) is 0 Å². The summed E-state index contributed by atoms with van der Waals surface area (Å²) in [6, 6.07) is 1.62. The van der Waals surface area contributed by atoms with E-state index in [9.17, 15) is 4.79 Å². The van der Waals surface area contributed by atoms with Crippen molar-refractivity contribution in [3.8, 4) is 0 Å². The number of nitrogens with one attached hydrogen (secondary N) is 2. The zero-order valence-corrected chi connectivity index (χ0v) is 12.1. The molecule has 0 saturated heterocycles. The lowest BCUT2D eigenvalue weighted by atomic mass is 10.2. The molecule has 0 fully saturated rings. The minimum Gasteiger partial charge on any atom is -0.382 e. The predicted molar refractivity (Wildman–Crippen MR) is 76.9 cm³/mol. The summed E-state index contributed by atoms with van der Waals surface area (Å²) in [5, 5.41) is 6.26. The SMILES string of the molecule is CCNc1ncc(C(=O)NCCCOCC)cc1Cl. The van der Waals surface area contributed by atoms with E-state index in [-0.39, 0.29) is 5.91 Å². The number of carbonyl (C=O) groups is 1. The van der Waals surface area contributed by atoms with Crippen LogP contribution in [0, 0.1) is 0 Å². The number of ether oxygens (including phenoxy) is 1. The van der Waals surface area contributed by atoms with Crippen molar-refractivity contribution in [2.45, 2.75) is 20.3 Å². The summed E-state index contributed by atoms with van der Waals surface area (Å²) in [7, 11) is 0. The summed E-state index contributed by atoms with van der Waals surface area (Å²) in [5.74, 6) is 0.422. The van der Waals surface area contributed by atoms with Crippen LogP contribution in [0.4, 0.5) is 5.82 Å². The standard InChI is InChI=1S/C13H20ClN3O2/c1-3-15-12-11(14)8-10(9-17-12)13(18)16-6-5-7-19-4-2/h8-9H,3-7H2,1-2H3,(H,15,17)(H,16,18). The van der Waals surface area contributed by atoms with Gasteiger partial charge < -0.3 is 15.4 Å². The molecule has 0 unspecified atom stereocenters. The van der Waals surface area contributed by atoms with Gasteiger partial charge in [-0.15, -0.1) is 0 Å². The smallest absolute Gasteiger partial charge is 0.252 e. The second-order valence-electron chi connectivity index (χ2n) is 3.89. The van der Waals surface area contributed by atoms with Gasteiger partial charge in [-0.1, -0.05) is 11.6 Å². The lowest BCUT2D eigenvalue weighted by molar-refractivity contribution is 0.0944. The Bertz CT molecular complexity index is 413. The molecule has 0 aliphatic heterocycles. The van der Waals surface area contributed by atoms with Crippen molar-refractivity contribution in [1.82, 2.24) is 10.3 Å². The van der Waals surface area contributed by atoms with Gasteiger partial charge in [0, 0.05) is 32.5 Å². The summed E-state index contributed by atoms with van der Waals surface area (Å²) < 4.78 is 5.19. The first-order valence-electron chi connectivity index (χ1n) is 6.44. The molecule has 1 aromatic rings. The Morgan fingerprint density at radius 1 is 1.47 bits per heavy atom. The molecule has 0 aliphatic rings. The number of pyridine rings is 1. The lowest BCUT2D eigenvalue weighted by Gasteiger charge is -2.08. The molecule has 1 rings (SSSR count). The summed E-state index contributed by atoms with van der Waals surface area (Å²) in [6.45, 7) is 6.55. The molecule has 5 nitrogen and oxygen atoms in total. The largest absolute Gasteiger partial charge is 0.382 e. The fraction of sp³-hybridized carbons (Fsp3) is 0.538. The van der Waals surface area contributed by atoms with Crippen LogP contribution in [-0.2, 0) is 4.74 Å². The third kappa shape index (κ3) is 5.44. The van der Waals surface area contributed by atoms with Crippen LogP contribution in [0.25, 0.3) is 0 Å². The summed E-state index contributed by atoms with van der Waals surface area (Å²) in [6.07, 6.45) is 2.30. The van der Waals surface area contributed by atoms with Gasteiger partial charge in [-0.05, 0) is 26.3 Å². The molecule has 0 saturated carbocycles. The highest BCUT2D eigenvalue weighted by Crippen LogP contribution is 2.19. The van der Waals surface area contributed by atoms with E-state index in [0.717, 1.165) is 13.0 Å². The Kier molecular flexibility index (Phi) is 7.22. The molecule has 6 heteroatoms. The fourth-order valence-corrected chi connectivity index (χ4v) is 1.72. The number of hydrogen-bond acceptors (Lipinski definition) is 4. The molecule has 2 N–H and O–H groups in total. The van der Waals surface area contributed by atoms with E-state index in [0.29, 0.717) is 36.2 Å². The Balaban J connectivity index is 2.46. The van der Waals surface area contributed by atoms with Gasteiger partial charge in [0.15, 0.2) is 0 Å². The van der Waals surface area contributed by atoms with E-state index in [2.05, 4.69) is 15.6 Å². The molecule has 1 heterocycles. The van der Waals surface area contributed by atoms with Crippen LogP contribution < -0.4 is 10.6 Å². The first-order chi connectivity index (χ1) is 9.19. The van der Waals surface area contributed by atoms with Crippen LogP contribution in [-0.4, -0.2) is 37.2 Å². The zero-order chi connectivity index (χ0) is 14.1. The average molecular weight is 286 g/mol. The van der Waals surface area contributed by atoms with Crippen molar-refractivity contribution in [3.63, 3.8) is 0 Å². The molecular formula is C13H20ClN3O2. The van der Waals surface area contributed by atoms with Crippen LogP contribution in [0.15, 0.2) is 12.3 Å². The number of anilines is 1. The van der Waals surface area contributed by atoms with Crippen molar-refractivity contribution in [2.75, 3.05) is 31.6 Å². The van der Waals surface area contributed by atoms with Gasteiger partial charge in [-0.25, -0.2) is 4.98 Å². The van der Waals surface area contributed by atoms with E-state index >= 15 is 0 Å². The van der Waals surface area contributed by atoms with Gasteiger partial charge in [0.1, 0.15) is 5.82 Å². The lowest BCUT2D eigenvalue weighted by Crippen LogP contribution is -2.25. The first kappa shape index (κ1) is 15.7. The van der Waals surface area contributed by atoms with Gasteiger partial charge in [-0.2, -0.15) is 0 Å². The number of carbonyl (C=O) groups excluding carboxylic acids is 1. The number of nitrogens with zero attached hydrogens (tertiary/aromatic N) is 1. The molecule has 0 spiro atoms. The van der Waals surface area contributed by atoms with Gasteiger partial charge in [0.2, 0.25) is 0 Å². The van der Waals surface area contributed by atoms with Gasteiger partial charge in [0.05, 0.1) is 10.6 Å². The molecule has 0 aromatic carbocycles. The third-order valence-corrected chi connectivity index (χ3v) is 2.69. The van der Waals surface area contributed by atoms with Crippen LogP contribution in [0.3, 0.4) is 0 Å². The maximum absolute atomic E-state index is 11.8. The highest BCUT2D eigenvalue weighted by molar-refractivity contribution is 6.33. The molecule has 106 valence electrons. The van der Waals surface area contributed by atoms with Crippen LogP contribution in [0.5, 0.6) is 0 Å². The van der Waals surface area contributed by atoms with Crippen molar-refractivity contribution >= 4 is 23.3 Å². The second-order valence-corrected chi connectivity index (χ2v) is 4.30. The van der Waals surface area contributed by atoms with E-state index in [1.165, 1.54) is 6.20 Å². The maximum Gasteiger partial charge on any atom is 0.252 e. The summed E-state index contributed by atoms with van der Waals surface area (Å²) >= 11 is 6.03. The molecule has 1 amide bonds. The summed E-state index contributed by atoms with van der Waals surface area (Å²) in [4.78, 5) is 15.9. The van der Waals surface area contributed by atoms with Gasteiger partial charge in [0.25, 0.3) is 5.91 Å². The normalized spacial score (nSPS) is 10.3. The zero-order valence-electron chi connectivity index (χ0n) is 11.3. The highest BCUT2D eigenvalue weighted by atomic mass is 35.5. The number of halogens is 1. The number of aromatic nitrogens is 1. The minimum atomic E-state index is -0.172. The molecule has 0 atom stereocenters. The van der Waals surface area contributed by atoms with Crippen molar-refractivity contribution in [3.05, 3.63) is 22.8 Å². The maximum atomic E-state index is 11.8.